The summed E-state index contributed by atoms with van der Waals surface area (Å²) in [7, 11) is 3.27. The molecule has 8 nitrogen and oxygen atoms in total. The SMILES string of the molecule is CNC(=O)NC(=O)C(C)NC(C)c1nncn1C. The van der Waals surface area contributed by atoms with Crippen LogP contribution < -0.4 is 16.0 Å². The summed E-state index contributed by atoms with van der Waals surface area (Å²) in [6.45, 7) is 3.54. The van der Waals surface area contributed by atoms with E-state index < -0.39 is 18.0 Å². The van der Waals surface area contributed by atoms with E-state index in [4.69, 9.17) is 0 Å². The molecule has 2 atom stereocenters. The minimum Gasteiger partial charge on any atom is -0.341 e. The van der Waals surface area contributed by atoms with Gasteiger partial charge in [0.2, 0.25) is 5.91 Å². The highest BCUT2D eigenvalue weighted by Gasteiger charge is 2.19. The van der Waals surface area contributed by atoms with E-state index in [2.05, 4.69) is 26.1 Å². The van der Waals surface area contributed by atoms with Gasteiger partial charge in [-0.2, -0.15) is 0 Å². The highest BCUT2D eigenvalue weighted by atomic mass is 16.2. The van der Waals surface area contributed by atoms with Crippen molar-refractivity contribution in [1.29, 1.82) is 0 Å². The molecule has 3 amide bonds. The van der Waals surface area contributed by atoms with Gasteiger partial charge in [0.05, 0.1) is 12.1 Å². The number of rotatable bonds is 4. The first kappa shape index (κ1) is 14.1. The van der Waals surface area contributed by atoms with Crippen LogP contribution >= 0.6 is 0 Å². The van der Waals surface area contributed by atoms with Crippen LogP contribution in [-0.4, -0.2) is 39.8 Å². The molecule has 0 saturated carbocycles. The molecule has 8 heteroatoms. The number of urea groups is 1. The molecule has 0 bridgehead atoms. The average molecular weight is 254 g/mol. The number of hydrogen-bond donors (Lipinski definition) is 3. The van der Waals surface area contributed by atoms with Gasteiger partial charge in [-0.05, 0) is 13.8 Å². The van der Waals surface area contributed by atoms with E-state index in [1.165, 1.54) is 7.05 Å². The first-order valence-corrected chi connectivity index (χ1v) is 5.58. The Bertz CT molecular complexity index is 430. The van der Waals surface area contributed by atoms with E-state index >= 15 is 0 Å². The van der Waals surface area contributed by atoms with Crippen LogP contribution in [0.1, 0.15) is 25.7 Å². The van der Waals surface area contributed by atoms with Gasteiger partial charge in [-0.15, -0.1) is 10.2 Å². The highest BCUT2D eigenvalue weighted by molar-refractivity contribution is 5.96. The van der Waals surface area contributed by atoms with Gasteiger partial charge in [-0.3, -0.25) is 15.4 Å². The van der Waals surface area contributed by atoms with E-state index in [1.54, 1.807) is 17.8 Å². The summed E-state index contributed by atoms with van der Waals surface area (Å²) < 4.78 is 1.76. The van der Waals surface area contributed by atoms with Gasteiger partial charge < -0.3 is 9.88 Å². The predicted octanol–water partition coefficient (Wildman–Crippen LogP) is -0.690. The lowest BCUT2D eigenvalue weighted by molar-refractivity contribution is -0.121. The van der Waals surface area contributed by atoms with Gasteiger partial charge in [0, 0.05) is 14.1 Å². The van der Waals surface area contributed by atoms with E-state index in [-0.39, 0.29) is 6.04 Å². The highest BCUT2D eigenvalue weighted by Crippen LogP contribution is 2.07. The van der Waals surface area contributed by atoms with Crippen molar-refractivity contribution >= 4 is 11.9 Å². The molecule has 1 aromatic rings. The molecule has 2 unspecified atom stereocenters. The van der Waals surface area contributed by atoms with Crippen LogP contribution in [-0.2, 0) is 11.8 Å². The molecular formula is C10H18N6O2. The standard InChI is InChI=1S/C10H18N6O2/c1-6(8-15-12-5-16(8)4)13-7(2)9(17)14-10(18)11-3/h5-7,13H,1-4H3,(H2,11,14,17,18). The van der Waals surface area contributed by atoms with Crippen LogP contribution in [0.15, 0.2) is 6.33 Å². The minimum atomic E-state index is -0.528. The summed E-state index contributed by atoms with van der Waals surface area (Å²) in [6, 6.07) is -1.20. The minimum absolute atomic E-state index is 0.150. The molecule has 0 spiro atoms. The Balaban J connectivity index is 2.54. The Hall–Kier alpha value is -1.96. The van der Waals surface area contributed by atoms with Crippen molar-refractivity contribution in [2.45, 2.75) is 25.9 Å². The Morgan fingerprint density at radius 3 is 2.56 bits per heavy atom. The molecule has 0 aliphatic heterocycles. The predicted molar refractivity (Wildman–Crippen MR) is 64.6 cm³/mol. The number of nitrogens with zero attached hydrogens (tertiary/aromatic N) is 3. The monoisotopic (exact) mass is 254 g/mol. The molecule has 0 aromatic carbocycles. The van der Waals surface area contributed by atoms with Gasteiger partial charge in [0.15, 0.2) is 0 Å². The molecule has 1 heterocycles. The maximum atomic E-state index is 11.6. The van der Waals surface area contributed by atoms with Crippen LogP contribution in [0.3, 0.4) is 0 Å². The van der Waals surface area contributed by atoms with Crippen LogP contribution in [0.5, 0.6) is 0 Å². The fourth-order valence-electron chi connectivity index (χ4n) is 1.49. The summed E-state index contributed by atoms with van der Waals surface area (Å²) in [5.74, 6) is 0.318. The van der Waals surface area contributed by atoms with Gasteiger partial charge in [0.25, 0.3) is 0 Å². The zero-order valence-corrected chi connectivity index (χ0v) is 10.9. The maximum Gasteiger partial charge on any atom is 0.321 e. The molecule has 100 valence electrons. The number of amides is 3. The molecule has 1 aromatic heterocycles. The topological polar surface area (TPSA) is 101 Å². The zero-order chi connectivity index (χ0) is 13.7. The lowest BCUT2D eigenvalue weighted by Gasteiger charge is -2.18. The molecule has 0 saturated heterocycles. The van der Waals surface area contributed by atoms with Crippen molar-refractivity contribution in [1.82, 2.24) is 30.7 Å². The lowest BCUT2D eigenvalue weighted by Crippen LogP contribution is -2.48. The third-order valence-electron chi connectivity index (χ3n) is 2.49. The number of imide groups is 1. The molecule has 18 heavy (non-hydrogen) atoms. The number of nitrogens with one attached hydrogen (secondary N) is 3. The fourth-order valence-corrected chi connectivity index (χ4v) is 1.49. The quantitative estimate of drug-likeness (QED) is 0.660. The molecule has 0 aliphatic carbocycles. The first-order valence-electron chi connectivity index (χ1n) is 5.58. The zero-order valence-electron chi connectivity index (χ0n) is 10.9. The molecule has 1 rings (SSSR count). The number of carbonyl (C=O) groups excluding carboxylic acids is 2. The van der Waals surface area contributed by atoms with Gasteiger partial charge in [-0.1, -0.05) is 0 Å². The number of aromatic nitrogens is 3. The van der Waals surface area contributed by atoms with E-state index in [1.807, 2.05) is 14.0 Å². The average Bonchev–Trinajstić information content (AvgIpc) is 2.75. The van der Waals surface area contributed by atoms with Crippen LogP contribution in [0, 0.1) is 0 Å². The van der Waals surface area contributed by atoms with Crippen molar-refractivity contribution in [3.63, 3.8) is 0 Å². The summed E-state index contributed by atoms with van der Waals surface area (Å²) in [5, 5.41) is 15.3. The van der Waals surface area contributed by atoms with Crippen molar-refractivity contribution in [3.8, 4) is 0 Å². The van der Waals surface area contributed by atoms with E-state index in [0.717, 1.165) is 5.82 Å². The normalized spacial score (nSPS) is 13.8. The number of carbonyl (C=O) groups is 2. The second kappa shape index (κ2) is 6.10. The molecule has 0 radical (unpaired) electrons. The Labute approximate surface area is 105 Å². The van der Waals surface area contributed by atoms with Gasteiger partial charge in [-0.25, -0.2) is 4.79 Å². The summed E-state index contributed by atoms with van der Waals surface area (Å²) in [6.07, 6.45) is 1.59. The van der Waals surface area contributed by atoms with Crippen LogP contribution in [0.4, 0.5) is 4.79 Å². The fraction of sp³-hybridized carbons (Fsp3) is 0.600. The summed E-state index contributed by atoms with van der Waals surface area (Å²) in [5.41, 5.74) is 0. The summed E-state index contributed by atoms with van der Waals surface area (Å²) in [4.78, 5) is 22.6. The van der Waals surface area contributed by atoms with Gasteiger partial charge >= 0.3 is 6.03 Å². The van der Waals surface area contributed by atoms with Crippen molar-refractivity contribution < 1.29 is 9.59 Å². The second-order valence-corrected chi connectivity index (χ2v) is 3.98. The Morgan fingerprint density at radius 2 is 2.06 bits per heavy atom. The van der Waals surface area contributed by atoms with Crippen LogP contribution in [0.25, 0.3) is 0 Å². The molecule has 3 N–H and O–H groups in total. The Morgan fingerprint density at radius 1 is 1.39 bits per heavy atom. The molecular weight excluding hydrogens is 236 g/mol. The van der Waals surface area contributed by atoms with E-state index in [9.17, 15) is 9.59 Å². The van der Waals surface area contributed by atoms with Crippen molar-refractivity contribution in [2.75, 3.05) is 7.05 Å². The second-order valence-electron chi connectivity index (χ2n) is 3.98. The summed E-state index contributed by atoms with van der Waals surface area (Å²) >= 11 is 0. The number of aryl methyl sites for hydroxylation is 1. The third kappa shape index (κ3) is 3.52. The van der Waals surface area contributed by atoms with Crippen molar-refractivity contribution in [2.24, 2.45) is 7.05 Å². The maximum absolute atomic E-state index is 11.6. The third-order valence-corrected chi connectivity index (χ3v) is 2.49. The van der Waals surface area contributed by atoms with Crippen molar-refractivity contribution in [3.05, 3.63) is 12.2 Å². The smallest absolute Gasteiger partial charge is 0.321 e. The van der Waals surface area contributed by atoms with Gasteiger partial charge in [0.1, 0.15) is 12.2 Å². The van der Waals surface area contributed by atoms with Crippen LogP contribution in [0.2, 0.25) is 0 Å². The van der Waals surface area contributed by atoms with E-state index in [0.29, 0.717) is 0 Å². The lowest BCUT2D eigenvalue weighted by atomic mass is 10.2. The largest absolute Gasteiger partial charge is 0.341 e. The number of hydrogen-bond acceptors (Lipinski definition) is 5. The Kier molecular flexibility index (Phi) is 4.78. The molecule has 0 fully saturated rings. The first-order chi connectivity index (χ1) is 8.45. The molecule has 0 aliphatic rings.